The summed E-state index contributed by atoms with van der Waals surface area (Å²) >= 11 is 0. The molecule has 0 fully saturated rings. The Bertz CT molecular complexity index is 932. The molecule has 3 N–H and O–H groups in total. The van der Waals surface area contributed by atoms with E-state index in [0.717, 1.165) is 5.56 Å². The first-order valence-electron chi connectivity index (χ1n) is 8.73. The fraction of sp³-hybridized carbons (Fsp3) is 0.300. The number of hydrogen-bond donors (Lipinski definition) is 2. The summed E-state index contributed by atoms with van der Waals surface area (Å²) in [5, 5.41) is 3.07. The highest BCUT2D eigenvalue weighted by Crippen LogP contribution is 2.41. The van der Waals surface area contributed by atoms with E-state index in [1.165, 1.54) is 11.0 Å². The number of alkyl halides is 2. The Morgan fingerprint density at radius 2 is 1.96 bits per heavy atom. The van der Waals surface area contributed by atoms with Crippen molar-refractivity contribution >= 4 is 11.9 Å². The number of nitrogens with one attached hydrogen (secondary N) is 1. The number of nitrogens with two attached hydrogens (primary N) is 1. The van der Waals surface area contributed by atoms with Gasteiger partial charge < -0.3 is 15.8 Å². The predicted molar refractivity (Wildman–Crippen MR) is 102 cm³/mol. The average Bonchev–Trinajstić information content (AvgIpc) is 2.88. The van der Waals surface area contributed by atoms with E-state index in [-0.39, 0.29) is 17.6 Å². The number of guanidine groups is 1. The van der Waals surface area contributed by atoms with Crippen LogP contribution in [0.25, 0.3) is 0 Å². The normalized spacial score (nSPS) is 19.3. The molecule has 8 heteroatoms. The van der Waals surface area contributed by atoms with Gasteiger partial charge in [-0.1, -0.05) is 30.3 Å². The molecule has 0 unspecified atom stereocenters. The molecule has 0 aliphatic carbocycles. The van der Waals surface area contributed by atoms with E-state index in [9.17, 15) is 13.6 Å². The Kier molecular flexibility index (Phi) is 5.33. The number of aliphatic imine (C=N–C) groups is 1. The zero-order chi connectivity index (χ0) is 20.5. The summed E-state index contributed by atoms with van der Waals surface area (Å²) in [5.41, 5.74) is 7.22. The maximum absolute atomic E-state index is 13.2. The standard InChI is InChI=1S/C20H22F2N4O2/c1-12-9-15(7-8-16(12)28-18(21)22)20(17(27)26(3)19(23)25-20)14-6-4-5-13(10-14)11-24-2/h4-10,18,24H,11H2,1-3H3,(H2,23,25)/t20-/m0/s1. The van der Waals surface area contributed by atoms with Gasteiger partial charge in [0.25, 0.3) is 5.91 Å². The number of benzene rings is 2. The number of carbonyl (C=O) groups is 1. The van der Waals surface area contributed by atoms with Crippen LogP contribution >= 0.6 is 0 Å². The number of nitrogens with zero attached hydrogens (tertiary/aromatic N) is 2. The van der Waals surface area contributed by atoms with E-state index in [4.69, 9.17) is 5.73 Å². The fourth-order valence-electron chi connectivity index (χ4n) is 3.40. The number of likely N-dealkylation sites (N-methyl/N-ethyl adjacent to an activating group) is 1. The zero-order valence-electron chi connectivity index (χ0n) is 15.9. The second kappa shape index (κ2) is 7.55. The molecule has 0 bridgehead atoms. The van der Waals surface area contributed by atoms with Gasteiger partial charge in [-0.05, 0) is 48.4 Å². The van der Waals surface area contributed by atoms with Gasteiger partial charge in [0.2, 0.25) is 0 Å². The van der Waals surface area contributed by atoms with E-state index < -0.39 is 12.2 Å². The second-order valence-electron chi connectivity index (χ2n) is 6.63. The number of halogens is 2. The molecule has 0 saturated heterocycles. The molecule has 1 aliphatic rings. The van der Waals surface area contributed by atoms with Gasteiger partial charge in [-0.2, -0.15) is 8.78 Å². The Labute approximate surface area is 162 Å². The van der Waals surface area contributed by atoms with Gasteiger partial charge >= 0.3 is 6.61 Å². The first kappa shape index (κ1) is 19.8. The first-order chi connectivity index (χ1) is 13.3. The number of amides is 1. The van der Waals surface area contributed by atoms with Gasteiger partial charge in [0.05, 0.1) is 0 Å². The van der Waals surface area contributed by atoms with Crippen molar-refractivity contribution in [2.24, 2.45) is 10.7 Å². The van der Waals surface area contributed by atoms with Crippen LogP contribution in [-0.2, 0) is 16.9 Å². The van der Waals surface area contributed by atoms with Crippen molar-refractivity contribution in [2.75, 3.05) is 14.1 Å². The van der Waals surface area contributed by atoms with Crippen molar-refractivity contribution < 1.29 is 18.3 Å². The van der Waals surface area contributed by atoms with Crippen molar-refractivity contribution in [3.05, 3.63) is 64.7 Å². The topological polar surface area (TPSA) is 80.0 Å². The summed E-state index contributed by atoms with van der Waals surface area (Å²) in [6.07, 6.45) is 0. The molecule has 1 amide bonds. The smallest absolute Gasteiger partial charge is 0.387 e. The van der Waals surface area contributed by atoms with Crippen LogP contribution in [0.1, 0.15) is 22.3 Å². The lowest BCUT2D eigenvalue weighted by Gasteiger charge is -2.27. The summed E-state index contributed by atoms with van der Waals surface area (Å²) in [5.74, 6) is -0.170. The molecule has 2 aromatic rings. The molecule has 148 valence electrons. The molecule has 0 aromatic heterocycles. The van der Waals surface area contributed by atoms with Crippen molar-refractivity contribution in [2.45, 2.75) is 25.6 Å². The fourth-order valence-corrected chi connectivity index (χ4v) is 3.40. The van der Waals surface area contributed by atoms with Crippen LogP contribution in [0, 0.1) is 6.92 Å². The Hall–Kier alpha value is -3.00. The minimum Gasteiger partial charge on any atom is -0.435 e. The van der Waals surface area contributed by atoms with Crippen molar-refractivity contribution in [1.82, 2.24) is 10.2 Å². The van der Waals surface area contributed by atoms with Crippen LogP contribution in [0.2, 0.25) is 0 Å². The molecule has 1 aliphatic heterocycles. The van der Waals surface area contributed by atoms with Crippen molar-refractivity contribution in [3.8, 4) is 5.75 Å². The van der Waals surface area contributed by atoms with Crippen molar-refractivity contribution in [1.29, 1.82) is 0 Å². The van der Waals surface area contributed by atoms with Crippen LogP contribution in [0.5, 0.6) is 5.75 Å². The summed E-state index contributed by atoms with van der Waals surface area (Å²) < 4.78 is 29.7. The largest absolute Gasteiger partial charge is 0.435 e. The SMILES string of the molecule is CNCc1cccc([C@@]2(c3ccc(OC(F)F)c(C)c3)N=C(N)N(C)C2=O)c1. The monoisotopic (exact) mass is 388 g/mol. The lowest BCUT2D eigenvalue weighted by molar-refractivity contribution is -0.129. The number of ether oxygens (including phenoxy) is 1. The molecular formula is C20H22F2N4O2. The minimum absolute atomic E-state index is 0.0496. The number of aryl methyl sites for hydroxylation is 1. The molecular weight excluding hydrogens is 366 g/mol. The molecule has 1 heterocycles. The molecule has 2 aromatic carbocycles. The number of carbonyl (C=O) groups excluding carboxylic acids is 1. The van der Waals surface area contributed by atoms with E-state index in [0.29, 0.717) is 23.2 Å². The lowest BCUT2D eigenvalue weighted by Crippen LogP contribution is -2.41. The minimum atomic E-state index is -2.93. The second-order valence-corrected chi connectivity index (χ2v) is 6.63. The highest BCUT2D eigenvalue weighted by atomic mass is 19.3. The predicted octanol–water partition coefficient (Wildman–Crippen LogP) is 2.35. The summed E-state index contributed by atoms with van der Waals surface area (Å²) in [7, 11) is 3.39. The maximum Gasteiger partial charge on any atom is 0.387 e. The highest BCUT2D eigenvalue weighted by molar-refractivity contribution is 6.08. The van der Waals surface area contributed by atoms with Crippen LogP contribution in [0.3, 0.4) is 0 Å². The number of rotatable bonds is 6. The van der Waals surface area contributed by atoms with Gasteiger partial charge in [-0.15, -0.1) is 0 Å². The molecule has 28 heavy (non-hydrogen) atoms. The van der Waals surface area contributed by atoms with E-state index in [2.05, 4.69) is 15.0 Å². The van der Waals surface area contributed by atoms with E-state index in [1.54, 1.807) is 26.1 Å². The van der Waals surface area contributed by atoms with E-state index >= 15 is 0 Å². The van der Waals surface area contributed by atoms with Crippen LogP contribution in [0.15, 0.2) is 47.5 Å². The van der Waals surface area contributed by atoms with Crippen molar-refractivity contribution in [3.63, 3.8) is 0 Å². The highest BCUT2D eigenvalue weighted by Gasteiger charge is 2.49. The van der Waals surface area contributed by atoms with E-state index in [1.807, 2.05) is 31.3 Å². The van der Waals surface area contributed by atoms with Gasteiger partial charge in [-0.25, -0.2) is 4.99 Å². The molecule has 1 atom stereocenters. The number of hydrogen-bond acceptors (Lipinski definition) is 5. The molecule has 0 saturated carbocycles. The quantitative estimate of drug-likeness (QED) is 0.796. The maximum atomic E-state index is 13.2. The summed E-state index contributed by atoms with van der Waals surface area (Å²) in [6.45, 7) is -0.666. The Morgan fingerprint density at radius 3 is 2.54 bits per heavy atom. The van der Waals surface area contributed by atoms with Crippen LogP contribution in [0.4, 0.5) is 8.78 Å². The first-order valence-corrected chi connectivity index (χ1v) is 8.73. The van der Waals surface area contributed by atoms with Gasteiger partial charge in [0.15, 0.2) is 11.5 Å². The summed E-state index contributed by atoms with van der Waals surface area (Å²) in [4.78, 5) is 19.1. The molecule has 6 nitrogen and oxygen atoms in total. The lowest BCUT2D eigenvalue weighted by atomic mass is 9.81. The van der Waals surface area contributed by atoms with Gasteiger partial charge in [0.1, 0.15) is 5.75 Å². The van der Waals surface area contributed by atoms with Gasteiger partial charge in [-0.3, -0.25) is 9.69 Å². The summed E-state index contributed by atoms with van der Waals surface area (Å²) in [6, 6.07) is 12.1. The third-order valence-corrected chi connectivity index (χ3v) is 4.77. The molecule has 0 spiro atoms. The molecule has 0 radical (unpaired) electrons. The zero-order valence-corrected chi connectivity index (χ0v) is 15.9. The van der Waals surface area contributed by atoms with Crippen LogP contribution < -0.4 is 15.8 Å². The van der Waals surface area contributed by atoms with Gasteiger partial charge in [0, 0.05) is 13.6 Å². The van der Waals surface area contributed by atoms with Crippen LogP contribution in [-0.4, -0.2) is 37.5 Å². The average molecular weight is 388 g/mol. The third-order valence-electron chi connectivity index (χ3n) is 4.77. The Morgan fingerprint density at radius 1 is 1.25 bits per heavy atom. The third kappa shape index (κ3) is 3.31. The Balaban J connectivity index is 2.18. The molecule has 3 rings (SSSR count).